The quantitative estimate of drug-likeness (QED) is 0.834. The molecule has 1 N–H and O–H groups in total. The van der Waals surface area contributed by atoms with Gasteiger partial charge in [0.2, 0.25) is 0 Å². The second-order valence-corrected chi connectivity index (χ2v) is 6.77. The van der Waals surface area contributed by atoms with E-state index in [0.29, 0.717) is 6.04 Å². The van der Waals surface area contributed by atoms with Crippen LogP contribution < -0.4 is 5.32 Å². The molecule has 0 bridgehead atoms. The van der Waals surface area contributed by atoms with Crippen LogP contribution in [0.25, 0.3) is 0 Å². The Labute approximate surface area is 121 Å². The van der Waals surface area contributed by atoms with Crippen LogP contribution in [0.3, 0.4) is 0 Å². The van der Waals surface area contributed by atoms with Crippen LogP contribution in [0.5, 0.6) is 0 Å². The molecule has 1 aliphatic heterocycles. The molecule has 3 nitrogen and oxygen atoms in total. The Morgan fingerprint density at radius 3 is 2.55 bits per heavy atom. The van der Waals surface area contributed by atoms with E-state index >= 15 is 0 Å². The van der Waals surface area contributed by atoms with Crippen LogP contribution in [0.1, 0.15) is 50.7 Å². The van der Waals surface area contributed by atoms with Gasteiger partial charge in [0.05, 0.1) is 0 Å². The topological polar surface area (TPSA) is 32.3 Å². The summed E-state index contributed by atoms with van der Waals surface area (Å²) in [6.45, 7) is 5.05. The monoisotopic (exact) mass is 272 g/mol. The molecule has 0 saturated heterocycles. The van der Waals surface area contributed by atoms with Crippen molar-refractivity contribution >= 4 is 6.03 Å². The molecule has 1 aromatic carbocycles. The minimum Gasteiger partial charge on any atom is -0.335 e. The molecule has 0 radical (unpaired) electrons. The lowest BCUT2D eigenvalue weighted by atomic mass is 9.86. The van der Waals surface area contributed by atoms with Crippen LogP contribution in [-0.4, -0.2) is 22.5 Å². The Balaban J connectivity index is 1.76. The zero-order valence-corrected chi connectivity index (χ0v) is 12.5. The normalized spacial score (nSPS) is 21.6. The Morgan fingerprint density at radius 2 is 1.85 bits per heavy atom. The molecule has 2 amide bonds. The summed E-state index contributed by atoms with van der Waals surface area (Å²) >= 11 is 0. The van der Waals surface area contributed by atoms with E-state index in [2.05, 4.69) is 43.4 Å². The summed E-state index contributed by atoms with van der Waals surface area (Å²) in [5, 5.41) is 3.22. The second kappa shape index (κ2) is 5.12. The number of hydrogen-bond acceptors (Lipinski definition) is 1. The fourth-order valence-electron chi connectivity index (χ4n) is 3.50. The second-order valence-electron chi connectivity index (χ2n) is 6.77. The first-order chi connectivity index (χ1) is 9.56. The van der Waals surface area contributed by atoms with Crippen molar-refractivity contribution in [2.24, 2.45) is 0 Å². The van der Waals surface area contributed by atoms with E-state index in [1.54, 1.807) is 0 Å². The van der Waals surface area contributed by atoms with Crippen LogP contribution in [0.15, 0.2) is 24.3 Å². The van der Waals surface area contributed by atoms with E-state index in [9.17, 15) is 4.79 Å². The first-order valence-electron chi connectivity index (χ1n) is 7.71. The van der Waals surface area contributed by atoms with Crippen molar-refractivity contribution < 1.29 is 4.79 Å². The van der Waals surface area contributed by atoms with Gasteiger partial charge in [-0.3, -0.25) is 0 Å². The molecule has 1 fully saturated rings. The van der Waals surface area contributed by atoms with Gasteiger partial charge in [0, 0.05) is 18.1 Å². The molecular weight excluding hydrogens is 248 g/mol. The third-order valence-electron chi connectivity index (χ3n) is 4.73. The summed E-state index contributed by atoms with van der Waals surface area (Å²) in [7, 11) is 0. The number of hydrogen-bond donors (Lipinski definition) is 1. The number of urea groups is 1. The van der Waals surface area contributed by atoms with Gasteiger partial charge in [-0.25, -0.2) is 4.79 Å². The number of nitrogens with one attached hydrogen (secondary N) is 1. The number of rotatable bonds is 1. The SMILES string of the molecule is CC1(C)Cc2ccccc2CN1C(=O)NC1CCCC1. The van der Waals surface area contributed by atoms with Crippen molar-refractivity contribution in [1.29, 1.82) is 0 Å². The highest BCUT2D eigenvalue weighted by Gasteiger charge is 2.36. The first kappa shape index (κ1) is 13.5. The molecule has 108 valence electrons. The van der Waals surface area contributed by atoms with Gasteiger partial charge in [0.25, 0.3) is 0 Å². The molecule has 0 atom stereocenters. The van der Waals surface area contributed by atoms with Crippen LogP contribution in [-0.2, 0) is 13.0 Å². The Hall–Kier alpha value is -1.51. The highest BCUT2D eigenvalue weighted by molar-refractivity contribution is 5.76. The van der Waals surface area contributed by atoms with E-state index in [1.165, 1.54) is 24.0 Å². The molecule has 1 aromatic rings. The van der Waals surface area contributed by atoms with Crippen molar-refractivity contribution in [2.45, 2.75) is 64.1 Å². The minimum atomic E-state index is -0.114. The van der Waals surface area contributed by atoms with Crippen molar-refractivity contribution in [3.63, 3.8) is 0 Å². The maximum absolute atomic E-state index is 12.6. The maximum atomic E-state index is 12.6. The standard InChI is InChI=1S/C17H24N2O/c1-17(2)11-13-7-3-4-8-14(13)12-19(17)16(20)18-15-9-5-6-10-15/h3-4,7-8,15H,5-6,9-12H2,1-2H3,(H,18,20). The van der Waals surface area contributed by atoms with E-state index in [-0.39, 0.29) is 11.6 Å². The van der Waals surface area contributed by atoms with Gasteiger partial charge in [0.15, 0.2) is 0 Å². The summed E-state index contributed by atoms with van der Waals surface area (Å²) < 4.78 is 0. The summed E-state index contributed by atoms with van der Waals surface area (Å²) in [5.74, 6) is 0. The van der Waals surface area contributed by atoms with E-state index < -0.39 is 0 Å². The van der Waals surface area contributed by atoms with Crippen LogP contribution in [0.4, 0.5) is 4.79 Å². The Kier molecular flexibility index (Phi) is 3.45. The van der Waals surface area contributed by atoms with E-state index in [0.717, 1.165) is 25.8 Å². The van der Waals surface area contributed by atoms with Gasteiger partial charge in [-0.2, -0.15) is 0 Å². The van der Waals surface area contributed by atoms with Crippen LogP contribution in [0.2, 0.25) is 0 Å². The lowest BCUT2D eigenvalue weighted by molar-refractivity contribution is 0.117. The third kappa shape index (κ3) is 2.54. The average Bonchev–Trinajstić information content (AvgIpc) is 2.89. The molecule has 0 unspecified atom stereocenters. The number of carbonyl (C=O) groups excluding carboxylic acids is 1. The summed E-state index contributed by atoms with van der Waals surface area (Å²) in [6.07, 6.45) is 5.70. The number of amides is 2. The molecule has 0 spiro atoms. The lowest BCUT2D eigenvalue weighted by Crippen LogP contribution is -2.56. The Bertz CT molecular complexity index is 503. The number of benzene rings is 1. The van der Waals surface area contributed by atoms with Gasteiger partial charge in [-0.15, -0.1) is 0 Å². The molecular formula is C17H24N2O. The van der Waals surface area contributed by atoms with Gasteiger partial charge in [0.1, 0.15) is 0 Å². The highest BCUT2D eigenvalue weighted by Crippen LogP contribution is 2.31. The smallest absolute Gasteiger partial charge is 0.318 e. The van der Waals surface area contributed by atoms with E-state index in [1.807, 2.05) is 4.90 Å². The van der Waals surface area contributed by atoms with Gasteiger partial charge < -0.3 is 10.2 Å². The number of fused-ring (bicyclic) bond motifs is 1. The molecule has 3 heteroatoms. The maximum Gasteiger partial charge on any atom is 0.318 e. The molecule has 1 saturated carbocycles. The Morgan fingerprint density at radius 1 is 1.20 bits per heavy atom. The molecule has 1 heterocycles. The molecule has 20 heavy (non-hydrogen) atoms. The largest absolute Gasteiger partial charge is 0.335 e. The molecule has 2 aliphatic rings. The molecule has 1 aliphatic carbocycles. The van der Waals surface area contributed by atoms with Crippen molar-refractivity contribution in [3.05, 3.63) is 35.4 Å². The average molecular weight is 272 g/mol. The van der Waals surface area contributed by atoms with Gasteiger partial charge in [-0.05, 0) is 44.2 Å². The fraction of sp³-hybridized carbons (Fsp3) is 0.588. The first-order valence-corrected chi connectivity index (χ1v) is 7.71. The van der Waals surface area contributed by atoms with Gasteiger partial charge >= 0.3 is 6.03 Å². The molecule has 0 aromatic heterocycles. The van der Waals surface area contributed by atoms with Crippen molar-refractivity contribution in [1.82, 2.24) is 10.2 Å². The minimum absolute atomic E-state index is 0.108. The fourth-order valence-corrected chi connectivity index (χ4v) is 3.50. The van der Waals surface area contributed by atoms with Crippen LogP contribution in [0, 0.1) is 0 Å². The van der Waals surface area contributed by atoms with E-state index in [4.69, 9.17) is 0 Å². The predicted octanol–water partition coefficient (Wildman–Crippen LogP) is 3.48. The zero-order valence-electron chi connectivity index (χ0n) is 12.5. The highest BCUT2D eigenvalue weighted by atomic mass is 16.2. The zero-order chi connectivity index (χ0) is 14.2. The lowest BCUT2D eigenvalue weighted by Gasteiger charge is -2.43. The number of carbonyl (C=O) groups is 1. The van der Waals surface area contributed by atoms with Gasteiger partial charge in [-0.1, -0.05) is 37.1 Å². The van der Waals surface area contributed by atoms with Crippen LogP contribution >= 0.6 is 0 Å². The van der Waals surface area contributed by atoms with Crippen molar-refractivity contribution in [2.75, 3.05) is 0 Å². The molecule has 3 rings (SSSR count). The number of nitrogens with zero attached hydrogens (tertiary/aromatic N) is 1. The third-order valence-corrected chi connectivity index (χ3v) is 4.73. The predicted molar refractivity (Wildman–Crippen MR) is 80.6 cm³/mol. The summed E-state index contributed by atoms with van der Waals surface area (Å²) in [5.41, 5.74) is 2.55. The summed E-state index contributed by atoms with van der Waals surface area (Å²) in [6, 6.07) is 8.96. The van der Waals surface area contributed by atoms with Crippen molar-refractivity contribution in [3.8, 4) is 0 Å². The summed E-state index contributed by atoms with van der Waals surface area (Å²) in [4.78, 5) is 14.6.